The van der Waals surface area contributed by atoms with E-state index in [0.29, 0.717) is 33.6 Å². The molecule has 0 radical (unpaired) electrons. The molecule has 7 heteroatoms. The number of aromatic nitrogens is 2. The number of aromatic amines is 1. The van der Waals surface area contributed by atoms with Gasteiger partial charge in [0.1, 0.15) is 0 Å². The molecule has 2 fully saturated rings. The molecular formula is C29H36Cl2N4O. The average molecular weight is 528 g/mol. The second kappa shape index (κ2) is 12.2. The highest BCUT2D eigenvalue weighted by molar-refractivity contribution is 6.34. The first-order valence-corrected chi connectivity index (χ1v) is 13.8. The van der Waals surface area contributed by atoms with Crippen molar-refractivity contribution in [3.8, 4) is 0 Å². The maximum absolute atomic E-state index is 11.1. The lowest BCUT2D eigenvalue weighted by Gasteiger charge is -2.36. The van der Waals surface area contributed by atoms with Gasteiger partial charge in [0.15, 0.2) is 6.29 Å². The topological polar surface area (TPSA) is 69.8 Å². The largest absolute Gasteiger partial charge is 0.384 e. The van der Waals surface area contributed by atoms with E-state index in [1.54, 1.807) is 12.1 Å². The van der Waals surface area contributed by atoms with Gasteiger partial charge in [-0.25, -0.2) is 4.98 Å². The molecule has 1 aromatic heterocycles. The molecule has 0 amide bonds. The molecule has 0 spiro atoms. The predicted molar refractivity (Wildman–Crippen MR) is 151 cm³/mol. The van der Waals surface area contributed by atoms with Gasteiger partial charge in [-0.1, -0.05) is 94.1 Å². The van der Waals surface area contributed by atoms with E-state index in [1.807, 2.05) is 18.2 Å². The number of carbonyl (C=O) groups excluding carboxylic acids is 1. The molecule has 1 heterocycles. The van der Waals surface area contributed by atoms with Crippen LogP contribution in [0.25, 0.3) is 11.0 Å². The Labute approximate surface area is 224 Å². The highest BCUT2D eigenvalue weighted by Crippen LogP contribution is 2.40. The molecule has 2 saturated carbocycles. The Morgan fingerprint density at radius 1 is 1.03 bits per heavy atom. The fourth-order valence-electron chi connectivity index (χ4n) is 5.04. The zero-order chi connectivity index (χ0) is 25.5. The van der Waals surface area contributed by atoms with Gasteiger partial charge in [0.05, 0.1) is 26.8 Å². The van der Waals surface area contributed by atoms with Crippen molar-refractivity contribution in [2.45, 2.75) is 77.7 Å². The number of H-pyrrole nitrogens is 1. The summed E-state index contributed by atoms with van der Waals surface area (Å²) in [6.07, 6.45) is 14.5. The van der Waals surface area contributed by atoms with Crippen molar-refractivity contribution < 1.29 is 4.79 Å². The van der Waals surface area contributed by atoms with Gasteiger partial charge in [0.2, 0.25) is 5.95 Å². The number of allylic oxidation sites excluding steroid dienone is 1. The van der Waals surface area contributed by atoms with Crippen LogP contribution in [-0.2, 0) is 6.54 Å². The Hall–Kier alpha value is -2.50. The van der Waals surface area contributed by atoms with Crippen LogP contribution in [0.15, 0.2) is 42.6 Å². The molecule has 2 aliphatic carbocycles. The van der Waals surface area contributed by atoms with Gasteiger partial charge in [0, 0.05) is 23.2 Å². The first-order chi connectivity index (χ1) is 17.4. The number of hydrogen-bond acceptors (Lipinski definition) is 4. The van der Waals surface area contributed by atoms with Crippen LogP contribution in [-0.4, -0.2) is 16.3 Å². The van der Waals surface area contributed by atoms with Gasteiger partial charge in [-0.3, -0.25) is 4.79 Å². The van der Waals surface area contributed by atoms with E-state index in [1.165, 1.54) is 64.2 Å². The lowest BCUT2D eigenvalue weighted by Crippen LogP contribution is -2.30. The molecule has 2 aromatic carbocycles. The van der Waals surface area contributed by atoms with Crippen LogP contribution in [0.5, 0.6) is 0 Å². The van der Waals surface area contributed by atoms with E-state index >= 15 is 0 Å². The standard InChI is InChI=1S/C24H26Cl2N4O.C5H10/c1-15(24(2)8-4-3-5-9-24)27-13-16-6-7-18(25)20(10-16)28-23-29-21-11-17(14-31)19(26)12-22(21)30-23;1-2-4-5-3-1/h6-7,10-12,14,27H,1,3-5,8-9,13H2,2H3,(H2,28,29,30);1-5H2. The minimum atomic E-state index is 0.168. The predicted octanol–water partition coefficient (Wildman–Crippen LogP) is 8.95. The minimum absolute atomic E-state index is 0.168. The summed E-state index contributed by atoms with van der Waals surface area (Å²) in [4.78, 5) is 18.8. The summed E-state index contributed by atoms with van der Waals surface area (Å²) in [5.74, 6) is 0.528. The van der Waals surface area contributed by atoms with Crippen molar-refractivity contribution in [1.29, 1.82) is 0 Å². The van der Waals surface area contributed by atoms with Crippen LogP contribution in [0.4, 0.5) is 11.6 Å². The van der Waals surface area contributed by atoms with E-state index < -0.39 is 0 Å². The molecule has 3 N–H and O–H groups in total. The number of nitrogens with one attached hydrogen (secondary N) is 3. The molecular weight excluding hydrogens is 491 g/mol. The number of fused-ring (bicyclic) bond motifs is 1. The summed E-state index contributed by atoms with van der Waals surface area (Å²) in [6, 6.07) is 9.23. The first kappa shape index (κ1) is 26.6. The Bertz CT molecular complexity index is 1200. The smallest absolute Gasteiger partial charge is 0.205 e. The molecule has 0 unspecified atom stereocenters. The third-order valence-electron chi connectivity index (χ3n) is 7.45. The van der Waals surface area contributed by atoms with Crippen LogP contribution < -0.4 is 10.6 Å². The summed E-state index contributed by atoms with van der Waals surface area (Å²) in [7, 11) is 0. The van der Waals surface area contributed by atoms with Crippen molar-refractivity contribution >= 4 is 52.2 Å². The number of halogens is 2. The highest BCUT2D eigenvalue weighted by Gasteiger charge is 2.29. The number of imidazole rings is 1. The van der Waals surface area contributed by atoms with Gasteiger partial charge in [-0.15, -0.1) is 0 Å². The number of carbonyl (C=O) groups is 1. The number of rotatable bonds is 7. The zero-order valence-corrected chi connectivity index (χ0v) is 22.6. The molecule has 5 rings (SSSR count). The summed E-state index contributed by atoms with van der Waals surface area (Å²) in [5.41, 5.74) is 4.92. The summed E-state index contributed by atoms with van der Waals surface area (Å²) < 4.78 is 0. The van der Waals surface area contributed by atoms with Gasteiger partial charge in [-0.2, -0.15) is 0 Å². The monoisotopic (exact) mass is 526 g/mol. The molecule has 0 atom stereocenters. The number of aldehydes is 1. The van der Waals surface area contributed by atoms with Gasteiger partial charge in [0.25, 0.3) is 0 Å². The lowest BCUT2D eigenvalue weighted by atomic mass is 9.73. The fraction of sp³-hybridized carbons (Fsp3) is 0.448. The first-order valence-electron chi connectivity index (χ1n) is 13.0. The van der Waals surface area contributed by atoms with E-state index in [4.69, 9.17) is 23.2 Å². The van der Waals surface area contributed by atoms with Crippen LogP contribution in [0.2, 0.25) is 10.0 Å². The lowest BCUT2D eigenvalue weighted by molar-refractivity contribution is 0.112. The number of hydrogen-bond donors (Lipinski definition) is 3. The SMILES string of the molecule is C1CCCC1.C=C(NCc1ccc(Cl)c(Nc2nc3cc(C=O)c(Cl)cc3[nH]2)c1)C1(C)CCCCC1. The van der Waals surface area contributed by atoms with Crippen LogP contribution in [0.3, 0.4) is 0 Å². The molecule has 192 valence electrons. The molecule has 3 aromatic rings. The molecule has 2 aliphatic rings. The van der Waals surface area contributed by atoms with E-state index in [-0.39, 0.29) is 5.41 Å². The number of benzene rings is 2. The van der Waals surface area contributed by atoms with E-state index in [2.05, 4.69) is 34.1 Å². The minimum Gasteiger partial charge on any atom is -0.384 e. The Morgan fingerprint density at radius 2 is 1.69 bits per heavy atom. The van der Waals surface area contributed by atoms with Crippen molar-refractivity contribution in [2.24, 2.45) is 5.41 Å². The maximum atomic E-state index is 11.1. The van der Waals surface area contributed by atoms with Gasteiger partial charge < -0.3 is 15.6 Å². The normalized spacial score (nSPS) is 16.8. The van der Waals surface area contributed by atoms with E-state index in [0.717, 1.165) is 28.8 Å². The quantitative estimate of drug-likeness (QED) is 0.268. The van der Waals surface area contributed by atoms with Crippen LogP contribution in [0, 0.1) is 5.41 Å². The summed E-state index contributed by atoms with van der Waals surface area (Å²) in [6.45, 7) is 7.30. The molecule has 0 aliphatic heterocycles. The van der Waals surface area contributed by atoms with Crippen molar-refractivity contribution in [2.75, 3.05) is 5.32 Å². The average Bonchev–Trinajstić information content (AvgIpc) is 3.57. The van der Waals surface area contributed by atoms with Crippen LogP contribution >= 0.6 is 23.2 Å². The van der Waals surface area contributed by atoms with Crippen molar-refractivity contribution in [3.63, 3.8) is 0 Å². The van der Waals surface area contributed by atoms with E-state index in [9.17, 15) is 4.79 Å². The second-order valence-electron chi connectivity index (χ2n) is 10.3. The molecule has 5 nitrogen and oxygen atoms in total. The van der Waals surface area contributed by atoms with Crippen molar-refractivity contribution in [1.82, 2.24) is 15.3 Å². The fourth-order valence-corrected chi connectivity index (χ4v) is 5.41. The Balaban J connectivity index is 0.000000543. The third-order valence-corrected chi connectivity index (χ3v) is 8.11. The summed E-state index contributed by atoms with van der Waals surface area (Å²) in [5, 5.41) is 7.74. The molecule has 36 heavy (non-hydrogen) atoms. The Morgan fingerprint density at radius 3 is 2.36 bits per heavy atom. The summed E-state index contributed by atoms with van der Waals surface area (Å²) >= 11 is 12.5. The third kappa shape index (κ3) is 6.63. The maximum Gasteiger partial charge on any atom is 0.205 e. The highest BCUT2D eigenvalue weighted by atomic mass is 35.5. The van der Waals surface area contributed by atoms with Gasteiger partial charge in [-0.05, 0) is 42.7 Å². The molecule has 0 saturated heterocycles. The van der Waals surface area contributed by atoms with Crippen LogP contribution in [0.1, 0.15) is 87.1 Å². The molecule has 0 bridgehead atoms. The zero-order valence-electron chi connectivity index (χ0n) is 21.1. The Kier molecular flexibility index (Phi) is 8.97. The number of nitrogens with zero attached hydrogens (tertiary/aromatic N) is 1. The van der Waals surface area contributed by atoms with Crippen molar-refractivity contribution in [3.05, 3.63) is 63.8 Å². The number of anilines is 2. The second-order valence-corrected chi connectivity index (χ2v) is 11.1. The van der Waals surface area contributed by atoms with Gasteiger partial charge >= 0.3 is 0 Å².